The predicted molar refractivity (Wildman–Crippen MR) is 86.3 cm³/mol. The van der Waals surface area contributed by atoms with Gasteiger partial charge < -0.3 is 10.4 Å². The third-order valence-corrected chi connectivity index (χ3v) is 4.12. The molecule has 110 valence electrons. The Hall–Kier alpha value is -1.78. The molecule has 0 aliphatic rings. The number of carbonyl (C=O) groups is 1. The van der Waals surface area contributed by atoms with Crippen LogP contribution in [0.2, 0.25) is 0 Å². The standard InChI is InChI=1S/C17H19NO2S/c1-13-7-9-15(10-8-13)21-12-17(20)18-16(11-19)14-5-3-2-4-6-14/h2-10,16,19H,11-12H2,1H3,(H,18,20). The molecule has 3 nitrogen and oxygen atoms in total. The van der Waals surface area contributed by atoms with Gasteiger partial charge in [0, 0.05) is 4.90 Å². The number of thioether (sulfide) groups is 1. The van der Waals surface area contributed by atoms with Crippen molar-refractivity contribution in [1.82, 2.24) is 5.32 Å². The number of nitrogens with one attached hydrogen (secondary N) is 1. The summed E-state index contributed by atoms with van der Waals surface area (Å²) in [4.78, 5) is 13.0. The number of aliphatic hydroxyl groups is 1. The Kier molecular flexibility index (Phi) is 5.84. The number of benzene rings is 2. The molecule has 0 spiro atoms. The number of amides is 1. The Morgan fingerprint density at radius 1 is 1.14 bits per heavy atom. The first-order valence-corrected chi connectivity index (χ1v) is 7.82. The van der Waals surface area contributed by atoms with Gasteiger partial charge in [-0.15, -0.1) is 11.8 Å². The second-order valence-corrected chi connectivity index (χ2v) is 5.86. The lowest BCUT2D eigenvalue weighted by Gasteiger charge is -2.16. The van der Waals surface area contributed by atoms with Gasteiger partial charge in [-0.05, 0) is 24.6 Å². The average molecular weight is 301 g/mol. The zero-order chi connectivity index (χ0) is 15.1. The number of carbonyl (C=O) groups excluding carboxylic acids is 1. The van der Waals surface area contributed by atoms with E-state index in [0.717, 1.165) is 10.5 Å². The van der Waals surface area contributed by atoms with Crippen LogP contribution in [0.3, 0.4) is 0 Å². The van der Waals surface area contributed by atoms with Crippen LogP contribution in [0.1, 0.15) is 17.2 Å². The largest absolute Gasteiger partial charge is 0.394 e. The van der Waals surface area contributed by atoms with Crippen LogP contribution >= 0.6 is 11.8 Å². The maximum absolute atomic E-state index is 12.0. The summed E-state index contributed by atoms with van der Waals surface area (Å²) in [5, 5.41) is 12.3. The summed E-state index contributed by atoms with van der Waals surface area (Å²) in [6, 6.07) is 17.2. The van der Waals surface area contributed by atoms with Crippen LogP contribution in [0.5, 0.6) is 0 Å². The van der Waals surface area contributed by atoms with E-state index in [1.807, 2.05) is 61.5 Å². The molecule has 1 atom stereocenters. The highest BCUT2D eigenvalue weighted by molar-refractivity contribution is 8.00. The average Bonchev–Trinajstić information content (AvgIpc) is 2.53. The molecule has 0 aliphatic carbocycles. The maximum atomic E-state index is 12.0. The number of aliphatic hydroxyl groups excluding tert-OH is 1. The van der Waals surface area contributed by atoms with E-state index in [4.69, 9.17) is 0 Å². The Labute approximate surface area is 129 Å². The first-order valence-electron chi connectivity index (χ1n) is 6.83. The lowest BCUT2D eigenvalue weighted by atomic mass is 10.1. The van der Waals surface area contributed by atoms with Crippen LogP contribution in [0.4, 0.5) is 0 Å². The quantitative estimate of drug-likeness (QED) is 0.807. The van der Waals surface area contributed by atoms with Gasteiger partial charge >= 0.3 is 0 Å². The van der Waals surface area contributed by atoms with Gasteiger partial charge in [0.25, 0.3) is 0 Å². The Morgan fingerprint density at radius 2 is 1.81 bits per heavy atom. The lowest BCUT2D eigenvalue weighted by molar-refractivity contribution is -0.119. The van der Waals surface area contributed by atoms with Crippen molar-refractivity contribution in [3.8, 4) is 0 Å². The van der Waals surface area contributed by atoms with Gasteiger partial charge in [-0.2, -0.15) is 0 Å². The highest BCUT2D eigenvalue weighted by Gasteiger charge is 2.13. The molecule has 1 unspecified atom stereocenters. The van der Waals surface area contributed by atoms with Gasteiger partial charge in [-0.3, -0.25) is 4.79 Å². The molecular weight excluding hydrogens is 282 g/mol. The topological polar surface area (TPSA) is 49.3 Å². The fraction of sp³-hybridized carbons (Fsp3) is 0.235. The first kappa shape index (κ1) is 15.6. The monoisotopic (exact) mass is 301 g/mol. The third kappa shape index (κ3) is 4.92. The van der Waals surface area contributed by atoms with Crippen molar-refractivity contribution in [3.05, 3.63) is 65.7 Å². The molecule has 2 rings (SSSR count). The Morgan fingerprint density at radius 3 is 2.43 bits per heavy atom. The van der Waals surface area contributed by atoms with Crippen LogP contribution in [0.25, 0.3) is 0 Å². The fourth-order valence-electron chi connectivity index (χ4n) is 1.94. The maximum Gasteiger partial charge on any atom is 0.230 e. The number of hydrogen-bond acceptors (Lipinski definition) is 3. The molecule has 0 fully saturated rings. The van der Waals surface area contributed by atoms with Gasteiger partial charge in [-0.25, -0.2) is 0 Å². The normalized spacial score (nSPS) is 11.9. The van der Waals surface area contributed by atoms with Crippen molar-refractivity contribution in [2.24, 2.45) is 0 Å². The van der Waals surface area contributed by atoms with Crippen molar-refractivity contribution in [3.63, 3.8) is 0 Å². The molecule has 0 heterocycles. The minimum atomic E-state index is -0.350. The first-order chi connectivity index (χ1) is 10.2. The third-order valence-electron chi connectivity index (χ3n) is 3.11. The van der Waals surface area contributed by atoms with Gasteiger partial charge in [0.1, 0.15) is 0 Å². The number of aryl methyl sites for hydroxylation is 1. The lowest BCUT2D eigenvalue weighted by Crippen LogP contribution is -2.32. The molecule has 2 aromatic rings. The van der Waals surface area contributed by atoms with E-state index in [9.17, 15) is 9.90 Å². The predicted octanol–water partition coefficient (Wildman–Crippen LogP) is 2.94. The van der Waals surface area contributed by atoms with Crippen molar-refractivity contribution < 1.29 is 9.90 Å². The van der Waals surface area contributed by atoms with Gasteiger partial charge in [0.15, 0.2) is 0 Å². The second-order valence-electron chi connectivity index (χ2n) is 4.82. The van der Waals surface area contributed by atoms with Crippen LogP contribution in [-0.2, 0) is 4.79 Å². The molecule has 2 N–H and O–H groups in total. The highest BCUT2D eigenvalue weighted by atomic mass is 32.2. The SMILES string of the molecule is Cc1ccc(SCC(=O)NC(CO)c2ccccc2)cc1. The van der Waals surface area contributed by atoms with Gasteiger partial charge in [0.2, 0.25) is 5.91 Å². The van der Waals surface area contributed by atoms with E-state index in [1.165, 1.54) is 17.3 Å². The molecule has 0 aromatic heterocycles. The summed E-state index contributed by atoms with van der Waals surface area (Å²) in [5.41, 5.74) is 2.11. The summed E-state index contributed by atoms with van der Waals surface area (Å²) in [6.07, 6.45) is 0. The summed E-state index contributed by atoms with van der Waals surface area (Å²) in [7, 11) is 0. The molecule has 0 saturated heterocycles. The van der Waals surface area contributed by atoms with Gasteiger partial charge in [-0.1, -0.05) is 48.0 Å². The van der Waals surface area contributed by atoms with Crippen LogP contribution < -0.4 is 5.32 Å². The van der Waals surface area contributed by atoms with Crippen molar-refractivity contribution >= 4 is 17.7 Å². The zero-order valence-electron chi connectivity index (χ0n) is 12.0. The van der Waals surface area contributed by atoms with E-state index in [-0.39, 0.29) is 18.6 Å². The van der Waals surface area contributed by atoms with Crippen molar-refractivity contribution in [1.29, 1.82) is 0 Å². The van der Waals surface area contributed by atoms with Crippen molar-refractivity contribution in [2.75, 3.05) is 12.4 Å². The molecule has 0 saturated carbocycles. The van der Waals surface area contributed by atoms with Crippen molar-refractivity contribution in [2.45, 2.75) is 17.9 Å². The number of rotatable bonds is 6. The summed E-state index contributed by atoms with van der Waals surface area (Å²) < 4.78 is 0. The molecule has 2 aromatic carbocycles. The Bertz CT molecular complexity index is 569. The van der Waals surface area contributed by atoms with E-state index in [1.54, 1.807) is 0 Å². The molecule has 0 bridgehead atoms. The second kappa shape index (κ2) is 7.86. The van der Waals surface area contributed by atoms with Gasteiger partial charge in [0.05, 0.1) is 18.4 Å². The minimum Gasteiger partial charge on any atom is -0.394 e. The summed E-state index contributed by atoms with van der Waals surface area (Å²) >= 11 is 1.49. The molecular formula is C17H19NO2S. The highest BCUT2D eigenvalue weighted by Crippen LogP contribution is 2.18. The molecule has 1 amide bonds. The summed E-state index contributed by atoms with van der Waals surface area (Å²) in [5.74, 6) is 0.260. The van der Waals surface area contributed by atoms with E-state index in [2.05, 4.69) is 5.32 Å². The Balaban J connectivity index is 1.87. The molecule has 0 radical (unpaired) electrons. The molecule has 0 aliphatic heterocycles. The minimum absolute atomic E-state index is 0.0801. The van der Waals surface area contributed by atoms with Crippen LogP contribution in [0.15, 0.2) is 59.5 Å². The van der Waals surface area contributed by atoms with Crippen LogP contribution in [-0.4, -0.2) is 23.4 Å². The smallest absolute Gasteiger partial charge is 0.230 e. The van der Waals surface area contributed by atoms with E-state index in [0.29, 0.717) is 5.75 Å². The zero-order valence-corrected chi connectivity index (χ0v) is 12.8. The van der Waals surface area contributed by atoms with E-state index >= 15 is 0 Å². The number of hydrogen-bond donors (Lipinski definition) is 2. The summed E-state index contributed by atoms with van der Waals surface area (Å²) in [6.45, 7) is 1.93. The van der Waals surface area contributed by atoms with Crippen LogP contribution in [0, 0.1) is 6.92 Å². The van der Waals surface area contributed by atoms with E-state index < -0.39 is 0 Å². The molecule has 21 heavy (non-hydrogen) atoms. The fourth-order valence-corrected chi connectivity index (χ4v) is 2.65. The molecule has 4 heteroatoms.